The van der Waals surface area contributed by atoms with Crippen LogP contribution in [0.5, 0.6) is 0 Å². The summed E-state index contributed by atoms with van der Waals surface area (Å²) in [6, 6.07) is 3.11. The number of hydrazone groups is 1. The second kappa shape index (κ2) is 6.57. The normalized spacial score (nSPS) is 29.7. The second-order valence-corrected chi connectivity index (χ2v) is 6.17. The van der Waals surface area contributed by atoms with Gasteiger partial charge in [-0.15, -0.1) is 0 Å². The van der Waals surface area contributed by atoms with Gasteiger partial charge in [-0.05, 0) is 19.9 Å². The predicted molar refractivity (Wildman–Crippen MR) is 86.6 cm³/mol. The zero-order valence-electron chi connectivity index (χ0n) is 13.8. The number of non-ortho nitro benzene ring substituents is 1. The molecule has 140 valence electrons. The molecule has 0 saturated carbocycles. The quantitative estimate of drug-likeness (QED) is 0.441. The number of hydrogen-bond acceptors (Lipinski definition) is 10. The molecule has 2 aliphatic heterocycles. The van der Waals surface area contributed by atoms with Crippen molar-refractivity contribution in [2.75, 3.05) is 5.43 Å². The van der Waals surface area contributed by atoms with E-state index in [0.29, 0.717) is 0 Å². The molecule has 2 fully saturated rings. The van der Waals surface area contributed by atoms with Gasteiger partial charge < -0.3 is 19.3 Å². The largest absolute Gasteiger partial charge is 0.387 e. The third kappa shape index (κ3) is 3.48. The van der Waals surface area contributed by atoms with Crippen molar-refractivity contribution < 1.29 is 29.2 Å². The van der Waals surface area contributed by atoms with Crippen molar-refractivity contribution in [3.63, 3.8) is 0 Å². The summed E-state index contributed by atoms with van der Waals surface area (Å²) in [6.07, 6.45) is -2.07. The maximum atomic E-state index is 11.1. The first-order valence-corrected chi connectivity index (χ1v) is 7.59. The highest BCUT2D eigenvalue weighted by Gasteiger charge is 2.53. The molecule has 2 N–H and O–H groups in total. The Balaban J connectivity index is 1.68. The Kier molecular flexibility index (Phi) is 4.58. The van der Waals surface area contributed by atoms with Crippen molar-refractivity contribution in [3.05, 3.63) is 38.4 Å². The number of anilines is 1. The van der Waals surface area contributed by atoms with Gasteiger partial charge in [0.05, 0.1) is 22.1 Å². The topological polar surface area (TPSA) is 159 Å². The van der Waals surface area contributed by atoms with Crippen LogP contribution in [-0.2, 0) is 14.2 Å². The average Bonchev–Trinajstić information content (AvgIpc) is 3.00. The molecule has 12 nitrogen and oxygen atoms in total. The second-order valence-electron chi connectivity index (χ2n) is 6.17. The zero-order chi connectivity index (χ0) is 19.1. The van der Waals surface area contributed by atoms with Gasteiger partial charge in [0.25, 0.3) is 5.69 Å². The fraction of sp³-hybridized carbons (Fsp3) is 0.500. The van der Waals surface area contributed by atoms with E-state index in [9.17, 15) is 25.3 Å². The Bertz CT molecular complexity index is 767. The number of nitro benzene ring substituents is 2. The summed E-state index contributed by atoms with van der Waals surface area (Å²) < 4.78 is 16.5. The molecule has 12 heteroatoms. The minimum Gasteiger partial charge on any atom is -0.387 e. The first kappa shape index (κ1) is 18.1. The first-order valence-electron chi connectivity index (χ1n) is 7.59. The molecule has 1 aromatic rings. The Morgan fingerprint density at radius 1 is 1.27 bits per heavy atom. The van der Waals surface area contributed by atoms with Crippen LogP contribution in [0.1, 0.15) is 13.8 Å². The van der Waals surface area contributed by atoms with E-state index in [2.05, 4.69) is 10.5 Å². The maximum Gasteiger partial charge on any atom is 0.301 e. The van der Waals surface area contributed by atoms with Gasteiger partial charge in [-0.2, -0.15) is 5.10 Å². The molecule has 2 saturated heterocycles. The minimum atomic E-state index is -1.03. The van der Waals surface area contributed by atoms with E-state index < -0.39 is 51.6 Å². The van der Waals surface area contributed by atoms with Gasteiger partial charge in [-0.1, -0.05) is 0 Å². The summed E-state index contributed by atoms with van der Waals surface area (Å²) in [5, 5.41) is 35.8. The van der Waals surface area contributed by atoms with E-state index >= 15 is 0 Å². The summed E-state index contributed by atoms with van der Waals surface area (Å²) in [4.78, 5) is 20.3. The average molecular weight is 368 g/mol. The predicted octanol–water partition coefficient (Wildman–Crippen LogP) is 1.14. The van der Waals surface area contributed by atoms with Crippen LogP contribution in [0.15, 0.2) is 23.3 Å². The molecular weight excluding hydrogens is 352 g/mol. The fourth-order valence-electron chi connectivity index (χ4n) is 2.70. The SMILES string of the molecule is CC1(C)O[C@H]2O[C@H](C=NNc3ccc([N+](=O)[O-])cc3[N+](=O)[O-])[C@@H](O)[C@H]2O1. The lowest BCUT2D eigenvalue weighted by molar-refractivity contribution is -0.393. The van der Waals surface area contributed by atoms with E-state index in [4.69, 9.17) is 14.2 Å². The van der Waals surface area contributed by atoms with E-state index in [0.717, 1.165) is 12.1 Å². The highest BCUT2D eigenvalue weighted by molar-refractivity contribution is 5.69. The number of rotatable bonds is 5. The number of fused-ring (bicyclic) bond motifs is 1. The maximum absolute atomic E-state index is 11.1. The monoisotopic (exact) mass is 368 g/mol. The summed E-state index contributed by atoms with van der Waals surface area (Å²) in [5.41, 5.74) is 1.46. The Morgan fingerprint density at radius 2 is 2.00 bits per heavy atom. The molecule has 0 bridgehead atoms. The summed E-state index contributed by atoms with van der Waals surface area (Å²) >= 11 is 0. The molecule has 1 aromatic carbocycles. The van der Waals surface area contributed by atoms with Crippen molar-refractivity contribution in [2.45, 2.75) is 44.2 Å². The highest BCUT2D eigenvalue weighted by Crippen LogP contribution is 2.37. The van der Waals surface area contributed by atoms with E-state index in [-0.39, 0.29) is 5.69 Å². The van der Waals surface area contributed by atoms with Gasteiger partial charge in [0.15, 0.2) is 12.1 Å². The Morgan fingerprint density at radius 3 is 2.62 bits per heavy atom. The smallest absolute Gasteiger partial charge is 0.301 e. The van der Waals surface area contributed by atoms with Gasteiger partial charge in [-0.25, -0.2) is 0 Å². The van der Waals surface area contributed by atoms with Gasteiger partial charge >= 0.3 is 5.69 Å². The summed E-state index contributed by atoms with van der Waals surface area (Å²) in [6.45, 7) is 3.39. The lowest BCUT2D eigenvalue weighted by Crippen LogP contribution is -2.35. The van der Waals surface area contributed by atoms with Crippen LogP contribution in [-0.4, -0.2) is 51.6 Å². The minimum absolute atomic E-state index is 0.0434. The molecule has 0 amide bonds. The Hall–Kier alpha value is -2.67. The molecule has 2 aliphatic rings. The summed E-state index contributed by atoms with van der Waals surface area (Å²) in [5.74, 6) is -0.865. The van der Waals surface area contributed by atoms with Crippen LogP contribution in [0.25, 0.3) is 0 Å². The number of nitrogens with zero attached hydrogens (tertiary/aromatic N) is 3. The highest BCUT2D eigenvalue weighted by atomic mass is 16.8. The molecule has 0 unspecified atom stereocenters. The van der Waals surface area contributed by atoms with Crippen molar-refractivity contribution in [3.8, 4) is 0 Å². The van der Waals surface area contributed by atoms with Crippen molar-refractivity contribution in [1.29, 1.82) is 0 Å². The molecular formula is C14H16N4O8. The molecule has 2 heterocycles. The molecule has 26 heavy (non-hydrogen) atoms. The molecule has 0 aliphatic carbocycles. The van der Waals surface area contributed by atoms with Gasteiger partial charge in [-0.3, -0.25) is 25.7 Å². The zero-order valence-corrected chi connectivity index (χ0v) is 13.8. The number of hydrogen-bond donors (Lipinski definition) is 2. The standard InChI is InChI=1S/C14H16N4O8/c1-14(2)25-12-11(19)10(24-13(12)26-14)6-15-16-8-4-3-7(17(20)21)5-9(8)18(22)23/h3-6,10-13,16,19H,1-2H3/t10-,11-,12-,13-/m1/s1. The number of nitro groups is 2. The van der Waals surface area contributed by atoms with Crippen LogP contribution in [0.2, 0.25) is 0 Å². The van der Waals surface area contributed by atoms with E-state index in [1.54, 1.807) is 13.8 Å². The number of ether oxygens (including phenoxy) is 3. The lowest BCUT2D eigenvalue weighted by atomic mass is 10.1. The Labute approximate surface area is 146 Å². The summed E-state index contributed by atoms with van der Waals surface area (Å²) in [7, 11) is 0. The van der Waals surface area contributed by atoms with Crippen LogP contribution < -0.4 is 5.43 Å². The van der Waals surface area contributed by atoms with E-state index in [1.165, 1.54) is 12.3 Å². The molecule has 4 atom stereocenters. The molecule has 0 aromatic heterocycles. The molecule has 0 radical (unpaired) electrons. The third-order valence-corrected chi connectivity index (χ3v) is 3.85. The molecule has 0 spiro atoms. The number of aliphatic hydroxyl groups excluding tert-OH is 1. The van der Waals surface area contributed by atoms with Gasteiger partial charge in [0.2, 0.25) is 0 Å². The number of nitrogens with one attached hydrogen (secondary N) is 1. The van der Waals surface area contributed by atoms with Gasteiger partial charge in [0.1, 0.15) is 24.0 Å². The third-order valence-electron chi connectivity index (χ3n) is 3.85. The van der Waals surface area contributed by atoms with Crippen LogP contribution >= 0.6 is 0 Å². The number of benzene rings is 1. The van der Waals surface area contributed by atoms with Crippen LogP contribution in [0.4, 0.5) is 17.1 Å². The van der Waals surface area contributed by atoms with Gasteiger partial charge in [0, 0.05) is 6.07 Å². The molecule has 3 rings (SSSR count). The van der Waals surface area contributed by atoms with Crippen molar-refractivity contribution >= 4 is 23.3 Å². The van der Waals surface area contributed by atoms with Crippen LogP contribution in [0, 0.1) is 20.2 Å². The van der Waals surface area contributed by atoms with Crippen LogP contribution in [0.3, 0.4) is 0 Å². The van der Waals surface area contributed by atoms with Crippen molar-refractivity contribution in [2.24, 2.45) is 5.10 Å². The lowest BCUT2D eigenvalue weighted by Gasteiger charge is -2.21. The van der Waals surface area contributed by atoms with Crippen molar-refractivity contribution in [1.82, 2.24) is 0 Å². The fourth-order valence-corrected chi connectivity index (χ4v) is 2.70. The first-order chi connectivity index (χ1) is 12.2. The number of aliphatic hydroxyl groups is 1. The van der Waals surface area contributed by atoms with E-state index in [1.807, 2.05) is 0 Å².